The number of imide groups is 1. The summed E-state index contributed by atoms with van der Waals surface area (Å²) >= 11 is 3.41. The van der Waals surface area contributed by atoms with Crippen LogP contribution in [0.5, 0.6) is 0 Å². The van der Waals surface area contributed by atoms with Gasteiger partial charge in [0.1, 0.15) is 5.54 Å². The summed E-state index contributed by atoms with van der Waals surface area (Å²) in [5, 5.41) is 16.3. The second-order valence-corrected chi connectivity index (χ2v) is 8.10. The topological polar surface area (TPSA) is 108 Å². The van der Waals surface area contributed by atoms with Gasteiger partial charge >= 0.3 is 0 Å². The molecule has 0 saturated carbocycles. The Morgan fingerprint density at radius 2 is 2.07 bits per heavy atom. The molecule has 0 aromatic heterocycles. The molecule has 3 amide bonds. The Balaban J connectivity index is 1.86. The summed E-state index contributed by atoms with van der Waals surface area (Å²) in [4.78, 5) is 40.4. The second kappa shape index (κ2) is 6.37. The Morgan fingerprint density at radius 1 is 1.33 bits per heavy atom. The predicted octanol–water partition coefficient (Wildman–Crippen LogP) is 0.197. The van der Waals surface area contributed by atoms with Crippen molar-refractivity contribution < 1.29 is 24.2 Å². The molecule has 3 aliphatic heterocycles. The Morgan fingerprint density at radius 3 is 2.74 bits per heavy atom. The van der Waals surface area contributed by atoms with Crippen LogP contribution in [0.25, 0.3) is 0 Å². The second-order valence-electron chi connectivity index (χ2n) is 7.19. The average molecular weight is 438 g/mol. The van der Waals surface area contributed by atoms with E-state index in [-0.39, 0.29) is 25.0 Å². The van der Waals surface area contributed by atoms with Crippen LogP contribution in [0.3, 0.4) is 0 Å². The standard InChI is InChI=1S/C18H20BrN3O5/c1-8(23)14-12-13(16(25)22(15(12)24)5-6-27-2)18(21-14)10-7-9(19)3-4-11(10)20-17(18)26/h3-4,7-8,12-14,21,23H,5-6H2,1-2H3,(H,20,26)/t8-,12-,13-,14+,18-/m0/s1. The van der Waals surface area contributed by atoms with Crippen LogP contribution in [0.15, 0.2) is 22.7 Å². The van der Waals surface area contributed by atoms with Gasteiger partial charge in [-0.25, -0.2) is 0 Å². The number of rotatable bonds is 4. The normalized spacial score (nSPS) is 32.8. The molecule has 0 unspecified atom stereocenters. The molecule has 0 radical (unpaired) electrons. The lowest BCUT2D eigenvalue weighted by Crippen LogP contribution is -2.55. The number of carbonyl (C=O) groups is 3. The number of carbonyl (C=O) groups excluding carboxylic acids is 3. The minimum Gasteiger partial charge on any atom is -0.392 e. The predicted molar refractivity (Wildman–Crippen MR) is 98.6 cm³/mol. The fraction of sp³-hybridized carbons (Fsp3) is 0.500. The highest BCUT2D eigenvalue weighted by Crippen LogP contribution is 2.53. The largest absolute Gasteiger partial charge is 0.392 e. The average Bonchev–Trinajstić information content (AvgIpc) is 3.20. The fourth-order valence-corrected chi connectivity index (χ4v) is 4.94. The number of nitrogens with zero attached hydrogens (tertiary/aromatic N) is 1. The Kier molecular flexibility index (Phi) is 4.38. The first-order valence-corrected chi connectivity index (χ1v) is 9.53. The molecule has 0 bridgehead atoms. The van der Waals surface area contributed by atoms with E-state index in [0.29, 0.717) is 11.3 Å². The highest BCUT2D eigenvalue weighted by Gasteiger charge is 2.71. The van der Waals surface area contributed by atoms with Crippen molar-refractivity contribution in [2.24, 2.45) is 11.8 Å². The van der Waals surface area contributed by atoms with Gasteiger partial charge in [0.15, 0.2) is 0 Å². The molecule has 8 nitrogen and oxygen atoms in total. The first kappa shape index (κ1) is 18.5. The third kappa shape index (κ3) is 2.42. The lowest BCUT2D eigenvalue weighted by Gasteiger charge is -2.30. The molecular weight excluding hydrogens is 418 g/mol. The van der Waals surface area contributed by atoms with E-state index >= 15 is 0 Å². The SMILES string of the molecule is COCCN1C(=O)[C@@H]2[C@@H]([C@H](C)O)N[C@]3(C(=O)Nc4ccc(Br)cc43)[C@@H]2C1=O. The van der Waals surface area contributed by atoms with Crippen molar-refractivity contribution in [3.63, 3.8) is 0 Å². The van der Waals surface area contributed by atoms with Gasteiger partial charge in [0.2, 0.25) is 17.7 Å². The molecule has 4 rings (SSSR count). The first-order chi connectivity index (χ1) is 12.8. The minimum atomic E-state index is -1.39. The molecule has 1 spiro atoms. The summed E-state index contributed by atoms with van der Waals surface area (Å²) in [6, 6.07) is 4.61. The number of halogens is 1. The van der Waals surface area contributed by atoms with Crippen molar-refractivity contribution in [3.05, 3.63) is 28.2 Å². The quantitative estimate of drug-likeness (QED) is 0.580. The number of amides is 3. The van der Waals surface area contributed by atoms with E-state index in [4.69, 9.17) is 4.74 Å². The zero-order valence-electron chi connectivity index (χ0n) is 14.9. The van der Waals surface area contributed by atoms with Crippen molar-refractivity contribution in [2.45, 2.75) is 24.6 Å². The molecule has 2 saturated heterocycles. The van der Waals surface area contributed by atoms with E-state index in [2.05, 4.69) is 26.6 Å². The third-order valence-corrected chi connectivity index (χ3v) is 6.23. The Bertz CT molecular complexity index is 844. The van der Waals surface area contributed by atoms with Crippen LogP contribution in [0, 0.1) is 11.8 Å². The van der Waals surface area contributed by atoms with Gasteiger partial charge in [0, 0.05) is 28.9 Å². The van der Waals surface area contributed by atoms with E-state index < -0.39 is 35.4 Å². The van der Waals surface area contributed by atoms with Gasteiger partial charge in [0.05, 0.1) is 31.1 Å². The van der Waals surface area contributed by atoms with Crippen molar-refractivity contribution >= 4 is 39.3 Å². The van der Waals surface area contributed by atoms with Gasteiger partial charge < -0.3 is 15.2 Å². The number of anilines is 1. The van der Waals surface area contributed by atoms with Crippen molar-refractivity contribution in [3.8, 4) is 0 Å². The summed E-state index contributed by atoms with van der Waals surface area (Å²) < 4.78 is 5.76. The Hall–Kier alpha value is -1.81. The molecule has 27 heavy (non-hydrogen) atoms. The number of hydrogen-bond donors (Lipinski definition) is 3. The smallest absolute Gasteiger partial charge is 0.250 e. The maximum Gasteiger partial charge on any atom is 0.250 e. The van der Waals surface area contributed by atoms with Crippen molar-refractivity contribution in [1.29, 1.82) is 0 Å². The van der Waals surface area contributed by atoms with E-state index in [0.717, 1.165) is 9.37 Å². The van der Waals surface area contributed by atoms with Crippen LogP contribution in [0.4, 0.5) is 5.69 Å². The first-order valence-electron chi connectivity index (χ1n) is 8.74. The number of benzene rings is 1. The fourth-order valence-electron chi connectivity index (χ4n) is 4.58. The third-order valence-electron chi connectivity index (χ3n) is 5.74. The molecule has 2 fully saturated rings. The lowest BCUT2D eigenvalue weighted by atomic mass is 9.76. The lowest BCUT2D eigenvalue weighted by molar-refractivity contribution is -0.143. The van der Waals surface area contributed by atoms with E-state index in [1.807, 2.05) is 0 Å². The number of fused-ring (bicyclic) bond motifs is 4. The van der Waals surface area contributed by atoms with Crippen molar-refractivity contribution in [2.75, 3.05) is 25.6 Å². The maximum absolute atomic E-state index is 13.2. The highest BCUT2D eigenvalue weighted by molar-refractivity contribution is 9.10. The number of methoxy groups -OCH3 is 1. The zero-order valence-corrected chi connectivity index (χ0v) is 16.4. The Labute approximate surface area is 164 Å². The van der Waals surface area contributed by atoms with Gasteiger partial charge in [-0.2, -0.15) is 0 Å². The molecule has 3 aliphatic rings. The van der Waals surface area contributed by atoms with Gasteiger partial charge in [-0.15, -0.1) is 0 Å². The molecule has 0 aliphatic carbocycles. The zero-order chi connectivity index (χ0) is 19.5. The van der Waals surface area contributed by atoms with Gasteiger partial charge in [0.25, 0.3) is 0 Å². The molecule has 5 atom stereocenters. The van der Waals surface area contributed by atoms with Gasteiger partial charge in [-0.3, -0.25) is 24.6 Å². The molecule has 3 N–H and O–H groups in total. The number of nitrogens with one attached hydrogen (secondary N) is 2. The van der Waals surface area contributed by atoms with Crippen LogP contribution in [-0.4, -0.2) is 60.1 Å². The monoisotopic (exact) mass is 437 g/mol. The molecular formula is C18H20BrN3O5. The summed E-state index contributed by atoms with van der Waals surface area (Å²) in [5.41, 5.74) is -0.189. The number of aliphatic hydroxyl groups excluding tert-OH is 1. The van der Waals surface area contributed by atoms with Crippen LogP contribution < -0.4 is 10.6 Å². The number of aliphatic hydroxyl groups is 1. The minimum absolute atomic E-state index is 0.122. The molecule has 1 aromatic carbocycles. The molecule has 3 heterocycles. The van der Waals surface area contributed by atoms with Crippen molar-refractivity contribution in [1.82, 2.24) is 10.2 Å². The van der Waals surface area contributed by atoms with Crippen LogP contribution in [-0.2, 0) is 24.7 Å². The number of likely N-dealkylation sites (tertiary alicyclic amines) is 1. The summed E-state index contributed by atoms with van der Waals surface area (Å²) in [6.07, 6.45) is -0.917. The van der Waals surface area contributed by atoms with Crippen LogP contribution >= 0.6 is 15.9 Å². The number of ether oxygens (including phenoxy) is 1. The van der Waals surface area contributed by atoms with Crippen LogP contribution in [0.1, 0.15) is 12.5 Å². The van der Waals surface area contributed by atoms with Crippen LogP contribution in [0.2, 0.25) is 0 Å². The molecule has 1 aromatic rings. The summed E-state index contributed by atoms with van der Waals surface area (Å²) in [5.74, 6) is -2.92. The van der Waals surface area contributed by atoms with Gasteiger partial charge in [-0.1, -0.05) is 15.9 Å². The van der Waals surface area contributed by atoms with E-state index in [1.165, 1.54) is 7.11 Å². The van der Waals surface area contributed by atoms with E-state index in [1.54, 1.807) is 25.1 Å². The number of hydrogen-bond acceptors (Lipinski definition) is 6. The molecule has 9 heteroatoms. The summed E-state index contributed by atoms with van der Waals surface area (Å²) in [7, 11) is 1.49. The maximum atomic E-state index is 13.2. The molecule has 144 valence electrons. The summed E-state index contributed by atoms with van der Waals surface area (Å²) in [6.45, 7) is 1.89. The highest BCUT2D eigenvalue weighted by atomic mass is 79.9. The van der Waals surface area contributed by atoms with Gasteiger partial charge in [-0.05, 0) is 25.1 Å². The van der Waals surface area contributed by atoms with E-state index in [9.17, 15) is 19.5 Å².